The third-order valence-corrected chi connectivity index (χ3v) is 6.28. The number of amides is 1. The molecule has 8 nitrogen and oxygen atoms in total. The first-order chi connectivity index (χ1) is 13.4. The number of nitrogens with one attached hydrogen (secondary N) is 2. The lowest BCUT2D eigenvalue weighted by Crippen LogP contribution is -2.40. The van der Waals surface area contributed by atoms with Gasteiger partial charge in [0.25, 0.3) is 0 Å². The van der Waals surface area contributed by atoms with Gasteiger partial charge in [-0.1, -0.05) is 43.2 Å². The molecule has 2 atom stereocenters. The van der Waals surface area contributed by atoms with E-state index in [4.69, 9.17) is 0 Å². The monoisotopic (exact) mass is 403 g/mol. The molecule has 0 spiro atoms. The number of sulfonamides is 1. The molecule has 1 aromatic carbocycles. The van der Waals surface area contributed by atoms with Crippen molar-refractivity contribution in [3.05, 3.63) is 36.2 Å². The molecule has 2 N–H and O–H groups in total. The summed E-state index contributed by atoms with van der Waals surface area (Å²) in [5.41, 5.74) is 0.891. The Balaban J connectivity index is 1.60. The Hall–Kier alpha value is -2.26. The van der Waals surface area contributed by atoms with Gasteiger partial charge in [-0.3, -0.25) is 9.89 Å². The molecule has 2 aliphatic rings. The number of H-pyrrole nitrogens is 1. The first-order valence-corrected chi connectivity index (χ1v) is 11.6. The van der Waals surface area contributed by atoms with Crippen molar-refractivity contribution >= 4 is 15.9 Å². The van der Waals surface area contributed by atoms with Crippen molar-refractivity contribution < 1.29 is 13.2 Å². The number of benzene rings is 1. The number of hydrogen-bond donors (Lipinski definition) is 2. The quantitative estimate of drug-likeness (QED) is 0.792. The van der Waals surface area contributed by atoms with Crippen LogP contribution in [0.25, 0.3) is 11.4 Å². The summed E-state index contributed by atoms with van der Waals surface area (Å²) in [6.45, 7) is 0.356. The molecule has 0 radical (unpaired) electrons. The molecule has 1 saturated carbocycles. The van der Waals surface area contributed by atoms with Crippen molar-refractivity contribution in [3.63, 3.8) is 0 Å². The predicted octanol–water partition coefficient (Wildman–Crippen LogP) is 1.85. The molecular formula is C19H25N5O3S. The van der Waals surface area contributed by atoms with Crippen LogP contribution in [0.5, 0.6) is 0 Å². The minimum absolute atomic E-state index is 0.0241. The third-order valence-electron chi connectivity index (χ3n) is 5.52. The van der Waals surface area contributed by atoms with Gasteiger partial charge in [0.2, 0.25) is 15.9 Å². The molecule has 28 heavy (non-hydrogen) atoms. The summed E-state index contributed by atoms with van der Waals surface area (Å²) in [7, 11) is -3.35. The number of carbonyl (C=O) groups is 1. The fraction of sp³-hybridized carbons (Fsp3) is 0.526. The molecule has 2 unspecified atom stereocenters. The van der Waals surface area contributed by atoms with Crippen LogP contribution in [-0.4, -0.2) is 53.2 Å². The van der Waals surface area contributed by atoms with Gasteiger partial charge in [0, 0.05) is 24.1 Å². The Kier molecular flexibility index (Phi) is 5.20. The average molecular weight is 404 g/mol. The van der Waals surface area contributed by atoms with Crippen LogP contribution >= 0.6 is 0 Å². The highest BCUT2D eigenvalue weighted by molar-refractivity contribution is 7.88. The van der Waals surface area contributed by atoms with Gasteiger partial charge >= 0.3 is 0 Å². The Morgan fingerprint density at radius 2 is 1.93 bits per heavy atom. The van der Waals surface area contributed by atoms with E-state index in [1.807, 2.05) is 30.3 Å². The molecule has 1 aliphatic heterocycles. The molecule has 150 valence electrons. The summed E-state index contributed by atoms with van der Waals surface area (Å²) >= 11 is 0. The summed E-state index contributed by atoms with van der Waals surface area (Å²) in [5.74, 6) is 1.29. The molecule has 0 bridgehead atoms. The fourth-order valence-electron chi connectivity index (χ4n) is 4.27. The highest BCUT2D eigenvalue weighted by Crippen LogP contribution is 2.36. The number of hydrogen-bond acceptors (Lipinski definition) is 5. The van der Waals surface area contributed by atoms with E-state index in [2.05, 4.69) is 19.9 Å². The van der Waals surface area contributed by atoms with Gasteiger partial charge in [0.15, 0.2) is 5.82 Å². The molecule has 9 heteroatoms. The van der Waals surface area contributed by atoms with Crippen molar-refractivity contribution in [1.82, 2.24) is 24.8 Å². The second-order valence-corrected chi connectivity index (χ2v) is 9.50. The van der Waals surface area contributed by atoms with Gasteiger partial charge < -0.3 is 4.90 Å². The summed E-state index contributed by atoms with van der Waals surface area (Å²) < 4.78 is 26.1. The van der Waals surface area contributed by atoms with Crippen LogP contribution in [0.3, 0.4) is 0 Å². The number of rotatable bonds is 5. The van der Waals surface area contributed by atoms with Crippen molar-refractivity contribution in [2.45, 2.75) is 44.2 Å². The Bertz CT molecular complexity index is 937. The summed E-state index contributed by atoms with van der Waals surface area (Å²) in [5, 5.41) is 7.28. The van der Waals surface area contributed by atoms with E-state index in [9.17, 15) is 13.2 Å². The van der Waals surface area contributed by atoms with Crippen LogP contribution < -0.4 is 4.72 Å². The maximum atomic E-state index is 13.1. The molecular weight excluding hydrogens is 378 g/mol. The van der Waals surface area contributed by atoms with Gasteiger partial charge in [-0.2, -0.15) is 5.10 Å². The zero-order valence-corrected chi connectivity index (χ0v) is 16.7. The molecule has 1 aromatic heterocycles. The van der Waals surface area contributed by atoms with Gasteiger partial charge in [0.1, 0.15) is 5.82 Å². The van der Waals surface area contributed by atoms with Crippen LogP contribution in [0.15, 0.2) is 30.3 Å². The molecule has 2 heterocycles. The molecule has 1 saturated heterocycles. The summed E-state index contributed by atoms with van der Waals surface area (Å²) in [4.78, 5) is 19.5. The van der Waals surface area contributed by atoms with E-state index in [-0.39, 0.29) is 23.9 Å². The third kappa shape index (κ3) is 4.10. The topological polar surface area (TPSA) is 108 Å². The Labute approximate surface area is 164 Å². The predicted molar refractivity (Wildman–Crippen MR) is 105 cm³/mol. The van der Waals surface area contributed by atoms with Crippen LogP contribution in [0.1, 0.15) is 44.0 Å². The standard InChI is InChI=1S/C19H25N5O3S/c1-28(26,27)23-15-11-16(24(12-15)19(25)14-9-5-6-10-14)18-20-17(21-22-18)13-7-3-2-4-8-13/h2-4,7-8,14-16,23H,5-6,9-12H2,1H3,(H,20,21,22). The second-order valence-electron chi connectivity index (χ2n) is 7.72. The second kappa shape index (κ2) is 7.63. The first kappa shape index (κ1) is 19.1. The minimum atomic E-state index is -3.35. The zero-order chi connectivity index (χ0) is 19.7. The number of likely N-dealkylation sites (tertiary alicyclic amines) is 1. The number of aromatic amines is 1. The average Bonchev–Trinajstić information content (AvgIpc) is 3.40. The van der Waals surface area contributed by atoms with Crippen LogP contribution in [0, 0.1) is 5.92 Å². The van der Waals surface area contributed by atoms with Crippen molar-refractivity contribution in [2.75, 3.05) is 12.8 Å². The van der Waals surface area contributed by atoms with Gasteiger partial charge in [-0.25, -0.2) is 18.1 Å². The molecule has 4 rings (SSSR count). The first-order valence-electron chi connectivity index (χ1n) is 9.66. The van der Waals surface area contributed by atoms with Gasteiger partial charge in [-0.05, 0) is 19.3 Å². The van der Waals surface area contributed by atoms with Crippen molar-refractivity contribution in [3.8, 4) is 11.4 Å². The Morgan fingerprint density at radius 1 is 1.21 bits per heavy atom. The summed E-state index contributed by atoms with van der Waals surface area (Å²) in [6, 6.07) is 8.99. The van der Waals surface area contributed by atoms with E-state index >= 15 is 0 Å². The maximum absolute atomic E-state index is 13.1. The highest BCUT2D eigenvalue weighted by atomic mass is 32.2. The number of carbonyl (C=O) groups excluding carboxylic acids is 1. The van der Waals surface area contributed by atoms with Crippen LogP contribution in [-0.2, 0) is 14.8 Å². The lowest BCUT2D eigenvalue weighted by atomic mass is 10.1. The van der Waals surface area contributed by atoms with E-state index < -0.39 is 10.0 Å². The summed E-state index contributed by atoms with van der Waals surface area (Å²) in [6.07, 6.45) is 5.57. The fourth-order valence-corrected chi connectivity index (χ4v) is 5.05. The molecule has 1 aliphatic carbocycles. The van der Waals surface area contributed by atoms with E-state index in [1.54, 1.807) is 4.90 Å². The van der Waals surface area contributed by atoms with Gasteiger partial charge in [-0.15, -0.1) is 0 Å². The van der Waals surface area contributed by atoms with E-state index in [1.165, 1.54) is 0 Å². The molecule has 2 fully saturated rings. The number of aromatic nitrogens is 3. The lowest BCUT2D eigenvalue weighted by Gasteiger charge is -2.25. The maximum Gasteiger partial charge on any atom is 0.226 e. The Morgan fingerprint density at radius 3 is 2.61 bits per heavy atom. The lowest BCUT2D eigenvalue weighted by molar-refractivity contribution is -0.136. The molecule has 1 amide bonds. The SMILES string of the molecule is CS(=O)(=O)NC1CC(c2nc(-c3ccccc3)n[nH]2)N(C(=O)C2CCCC2)C1. The minimum Gasteiger partial charge on any atom is -0.331 e. The molecule has 2 aromatic rings. The van der Waals surface area contributed by atoms with Crippen molar-refractivity contribution in [2.24, 2.45) is 5.92 Å². The normalized spacial score (nSPS) is 23.4. The highest BCUT2D eigenvalue weighted by Gasteiger charge is 2.41. The zero-order valence-electron chi connectivity index (χ0n) is 15.8. The number of nitrogens with zero attached hydrogens (tertiary/aromatic N) is 3. The van der Waals surface area contributed by atoms with Crippen LogP contribution in [0.4, 0.5) is 0 Å². The largest absolute Gasteiger partial charge is 0.331 e. The smallest absolute Gasteiger partial charge is 0.226 e. The van der Waals surface area contributed by atoms with Crippen molar-refractivity contribution in [1.29, 1.82) is 0 Å². The van der Waals surface area contributed by atoms with Crippen LogP contribution in [0.2, 0.25) is 0 Å². The van der Waals surface area contributed by atoms with E-state index in [0.29, 0.717) is 24.6 Å². The van der Waals surface area contributed by atoms with E-state index in [0.717, 1.165) is 37.5 Å². The van der Waals surface area contributed by atoms with Gasteiger partial charge in [0.05, 0.1) is 12.3 Å².